The molecule has 0 atom stereocenters. The number of hydrogen-bond donors (Lipinski definition) is 1. The minimum atomic E-state index is 0.490. The van der Waals surface area contributed by atoms with Gasteiger partial charge >= 0.3 is 0 Å². The van der Waals surface area contributed by atoms with Crippen LogP contribution in [0.1, 0.15) is 17.1 Å². The highest BCUT2D eigenvalue weighted by molar-refractivity contribution is 6.31. The summed E-state index contributed by atoms with van der Waals surface area (Å²) in [6.07, 6.45) is 1.64. The molecule has 25 heavy (non-hydrogen) atoms. The van der Waals surface area contributed by atoms with Gasteiger partial charge in [-0.05, 0) is 30.7 Å². The van der Waals surface area contributed by atoms with Gasteiger partial charge in [-0.3, -0.25) is 0 Å². The van der Waals surface area contributed by atoms with Crippen molar-refractivity contribution in [3.8, 4) is 0 Å². The Balaban J connectivity index is 1.67. The van der Waals surface area contributed by atoms with Crippen LogP contribution in [0.3, 0.4) is 0 Å². The van der Waals surface area contributed by atoms with Crippen LogP contribution in [0.4, 0.5) is 5.82 Å². The Kier molecular flexibility index (Phi) is 4.07. The van der Waals surface area contributed by atoms with E-state index < -0.39 is 0 Å². The van der Waals surface area contributed by atoms with E-state index in [0.29, 0.717) is 40.9 Å². The zero-order chi connectivity index (χ0) is 17.2. The molecule has 0 aliphatic heterocycles. The molecule has 0 spiro atoms. The Morgan fingerprint density at radius 3 is 2.84 bits per heavy atom. The number of nitrogens with one attached hydrogen (secondary N) is 1. The summed E-state index contributed by atoms with van der Waals surface area (Å²) in [6, 6.07) is 11.4. The molecular weight excluding hydrogens is 340 g/mol. The number of fused-ring (bicyclic) bond motifs is 1. The van der Waals surface area contributed by atoms with Crippen molar-refractivity contribution in [3.63, 3.8) is 0 Å². The SMILES string of the molecule is Cc1nc(NCc2ccco2)c2nnn(Cc3ccccc3Cl)c2n1. The lowest BCUT2D eigenvalue weighted by molar-refractivity contribution is 0.518. The van der Waals surface area contributed by atoms with Gasteiger partial charge in [0.1, 0.15) is 11.6 Å². The second-order valence-corrected chi connectivity index (χ2v) is 5.97. The quantitative estimate of drug-likeness (QED) is 0.591. The van der Waals surface area contributed by atoms with Gasteiger partial charge in [-0.2, -0.15) is 0 Å². The fraction of sp³-hybridized carbons (Fsp3) is 0.176. The van der Waals surface area contributed by atoms with E-state index in [1.165, 1.54) is 0 Å². The first-order valence-electron chi connectivity index (χ1n) is 7.78. The molecule has 0 amide bonds. The highest BCUT2D eigenvalue weighted by atomic mass is 35.5. The van der Waals surface area contributed by atoms with Gasteiger partial charge < -0.3 is 9.73 Å². The first-order chi connectivity index (χ1) is 12.2. The van der Waals surface area contributed by atoms with Crippen LogP contribution in [0.25, 0.3) is 11.2 Å². The highest BCUT2D eigenvalue weighted by Crippen LogP contribution is 2.21. The van der Waals surface area contributed by atoms with E-state index in [4.69, 9.17) is 16.0 Å². The number of nitrogens with zero attached hydrogens (tertiary/aromatic N) is 5. The predicted octanol–water partition coefficient (Wildman–Crippen LogP) is 3.44. The van der Waals surface area contributed by atoms with E-state index in [0.717, 1.165) is 11.3 Å². The maximum atomic E-state index is 6.24. The molecule has 0 saturated heterocycles. The molecule has 3 heterocycles. The zero-order valence-corrected chi connectivity index (χ0v) is 14.2. The first-order valence-corrected chi connectivity index (χ1v) is 8.16. The lowest BCUT2D eigenvalue weighted by Gasteiger charge is -2.07. The lowest BCUT2D eigenvalue weighted by atomic mass is 10.2. The largest absolute Gasteiger partial charge is 0.467 e. The maximum Gasteiger partial charge on any atom is 0.184 e. The van der Waals surface area contributed by atoms with Crippen molar-refractivity contribution in [2.24, 2.45) is 0 Å². The van der Waals surface area contributed by atoms with Crippen LogP contribution in [0.2, 0.25) is 5.02 Å². The molecule has 0 saturated carbocycles. The van der Waals surface area contributed by atoms with E-state index in [9.17, 15) is 0 Å². The number of rotatable bonds is 5. The third-order valence-corrected chi connectivity index (χ3v) is 4.13. The van der Waals surface area contributed by atoms with Crippen LogP contribution in [0, 0.1) is 6.92 Å². The summed E-state index contributed by atoms with van der Waals surface area (Å²) in [5, 5.41) is 12.4. The topological polar surface area (TPSA) is 81.7 Å². The van der Waals surface area contributed by atoms with Gasteiger partial charge in [0.2, 0.25) is 0 Å². The number of furan rings is 1. The molecule has 3 aromatic heterocycles. The van der Waals surface area contributed by atoms with Gasteiger partial charge in [-0.25, -0.2) is 14.6 Å². The van der Waals surface area contributed by atoms with E-state index in [-0.39, 0.29) is 0 Å². The molecule has 0 fully saturated rings. The average Bonchev–Trinajstić information content (AvgIpc) is 3.25. The molecule has 1 aromatic carbocycles. The fourth-order valence-electron chi connectivity index (χ4n) is 2.57. The third kappa shape index (κ3) is 3.18. The smallest absolute Gasteiger partial charge is 0.184 e. The molecule has 0 aliphatic rings. The number of aryl methyl sites for hydroxylation is 1. The normalized spacial score (nSPS) is 11.1. The van der Waals surface area contributed by atoms with Crippen LogP contribution in [-0.4, -0.2) is 25.0 Å². The molecule has 0 unspecified atom stereocenters. The van der Waals surface area contributed by atoms with Crippen LogP contribution in [0.5, 0.6) is 0 Å². The summed E-state index contributed by atoms with van der Waals surface area (Å²) in [7, 11) is 0. The fourth-order valence-corrected chi connectivity index (χ4v) is 2.76. The van der Waals surface area contributed by atoms with Gasteiger partial charge in [0.15, 0.2) is 17.0 Å². The van der Waals surface area contributed by atoms with E-state index in [2.05, 4.69) is 25.6 Å². The van der Waals surface area contributed by atoms with Crippen LogP contribution < -0.4 is 5.32 Å². The van der Waals surface area contributed by atoms with Gasteiger partial charge in [-0.1, -0.05) is 35.0 Å². The standard InChI is InChI=1S/C17H15ClN6O/c1-11-20-16(19-9-13-6-4-8-25-13)15-17(21-11)24(23-22-15)10-12-5-2-3-7-14(12)18/h2-8H,9-10H2,1H3,(H,19,20,21). The summed E-state index contributed by atoms with van der Waals surface area (Å²) in [6.45, 7) is 2.84. The molecule has 0 radical (unpaired) electrons. The van der Waals surface area contributed by atoms with Gasteiger partial charge in [0.05, 0.1) is 19.4 Å². The summed E-state index contributed by atoms with van der Waals surface area (Å²) < 4.78 is 7.06. The summed E-state index contributed by atoms with van der Waals surface area (Å²) in [4.78, 5) is 8.92. The van der Waals surface area contributed by atoms with E-state index in [1.807, 2.05) is 43.3 Å². The molecule has 1 N–H and O–H groups in total. The molecule has 7 nitrogen and oxygen atoms in total. The summed E-state index contributed by atoms with van der Waals surface area (Å²) >= 11 is 6.24. The number of halogens is 1. The van der Waals surface area contributed by atoms with E-state index in [1.54, 1.807) is 10.9 Å². The number of aromatic nitrogens is 5. The predicted molar refractivity (Wildman–Crippen MR) is 94.4 cm³/mol. The Morgan fingerprint density at radius 2 is 2.04 bits per heavy atom. The molecule has 4 aromatic rings. The van der Waals surface area contributed by atoms with Crippen molar-refractivity contribution in [1.29, 1.82) is 0 Å². The van der Waals surface area contributed by atoms with Crippen molar-refractivity contribution < 1.29 is 4.42 Å². The lowest BCUT2D eigenvalue weighted by Crippen LogP contribution is -2.06. The minimum Gasteiger partial charge on any atom is -0.467 e. The van der Waals surface area contributed by atoms with Gasteiger partial charge in [0, 0.05) is 5.02 Å². The average molecular weight is 355 g/mol. The van der Waals surface area contributed by atoms with Crippen molar-refractivity contribution in [2.75, 3.05) is 5.32 Å². The minimum absolute atomic E-state index is 0.490. The molecular formula is C17H15ClN6O. The van der Waals surface area contributed by atoms with Crippen molar-refractivity contribution in [3.05, 3.63) is 64.8 Å². The number of benzene rings is 1. The summed E-state index contributed by atoms with van der Waals surface area (Å²) in [5.74, 6) is 2.08. The van der Waals surface area contributed by atoms with Gasteiger partial charge in [-0.15, -0.1) is 5.10 Å². The Hall–Kier alpha value is -2.93. The summed E-state index contributed by atoms with van der Waals surface area (Å²) in [5.41, 5.74) is 2.23. The first kappa shape index (κ1) is 15.6. The molecule has 4 rings (SSSR count). The van der Waals surface area contributed by atoms with Crippen LogP contribution >= 0.6 is 11.6 Å². The van der Waals surface area contributed by atoms with Crippen molar-refractivity contribution in [1.82, 2.24) is 25.0 Å². The monoisotopic (exact) mass is 354 g/mol. The van der Waals surface area contributed by atoms with Crippen molar-refractivity contribution in [2.45, 2.75) is 20.0 Å². The molecule has 126 valence electrons. The number of anilines is 1. The molecule has 0 bridgehead atoms. The second-order valence-electron chi connectivity index (χ2n) is 5.56. The Bertz CT molecular complexity index is 1010. The van der Waals surface area contributed by atoms with Gasteiger partial charge in [0.25, 0.3) is 0 Å². The zero-order valence-electron chi connectivity index (χ0n) is 13.5. The second kappa shape index (κ2) is 6.52. The Labute approximate surface area is 148 Å². The van der Waals surface area contributed by atoms with Crippen molar-refractivity contribution >= 4 is 28.6 Å². The van der Waals surface area contributed by atoms with Crippen LogP contribution in [0.15, 0.2) is 47.1 Å². The maximum absolute atomic E-state index is 6.24. The number of hydrogen-bond acceptors (Lipinski definition) is 6. The van der Waals surface area contributed by atoms with Crippen LogP contribution in [-0.2, 0) is 13.1 Å². The molecule has 0 aliphatic carbocycles. The van der Waals surface area contributed by atoms with E-state index >= 15 is 0 Å². The Morgan fingerprint density at radius 1 is 1.16 bits per heavy atom. The highest BCUT2D eigenvalue weighted by Gasteiger charge is 2.14. The molecule has 8 heteroatoms. The third-order valence-electron chi connectivity index (χ3n) is 3.76.